The second kappa shape index (κ2) is 4.21. The van der Waals surface area contributed by atoms with Gasteiger partial charge in [0, 0.05) is 0 Å². The molecule has 0 fully saturated rings. The summed E-state index contributed by atoms with van der Waals surface area (Å²) in [6, 6.07) is 0. The van der Waals surface area contributed by atoms with Gasteiger partial charge in [-0.15, -0.1) is 0 Å². The van der Waals surface area contributed by atoms with E-state index in [-0.39, 0.29) is 13.7 Å². The summed E-state index contributed by atoms with van der Waals surface area (Å²) in [6.07, 6.45) is 0.278. The number of aldehydes is 1. The Balaban J connectivity index is 0. The minimum atomic E-state index is -0.426. The van der Waals surface area contributed by atoms with E-state index in [1.54, 1.807) is 0 Å². The van der Waals surface area contributed by atoms with Crippen molar-refractivity contribution in [3.05, 3.63) is 12.3 Å². The van der Waals surface area contributed by atoms with Crippen LogP contribution in [0.3, 0.4) is 0 Å². The second-order valence-electron chi connectivity index (χ2n) is 0.609. The Morgan fingerprint density at radius 3 is 2.00 bits per heavy atom. The Bertz CT molecular complexity index is 56.6. The summed E-state index contributed by atoms with van der Waals surface area (Å²) in [7, 11) is 0. The first-order chi connectivity index (χ1) is 2.27. The third-order valence-corrected chi connectivity index (χ3v) is 0.136. The van der Waals surface area contributed by atoms with Crippen molar-refractivity contribution < 1.29 is 9.90 Å². The van der Waals surface area contributed by atoms with Gasteiger partial charge >= 0.3 is 0 Å². The molecule has 0 radical (unpaired) electrons. The van der Waals surface area contributed by atoms with Crippen molar-refractivity contribution in [2.75, 3.05) is 0 Å². The van der Waals surface area contributed by atoms with Gasteiger partial charge in [-0.2, -0.15) is 0 Å². The summed E-state index contributed by atoms with van der Waals surface area (Å²) in [4.78, 5) is 9.16. The maximum absolute atomic E-state index is 9.16. The molecular formula is C4H8O2. The van der Waals surface area contributed by atoms with E-state index in [0.29, 0.717) is 0 Å². The highest BCUT2D eigenvalue weighted by molar-refractivity contribution is 5.68. The Labute approximate surface area is 37.1 Å². The molecule has 1 N–H and O–H groups in total. The largest absolute Gasteiger partial charge is 0.505 e. The maximum atomic E-state index is 9.16. The van der Waals surface area contributed by atoms with Gasteiger partial charge in [0.25, 0.3) is 0 Å². The van der Waals surface area contributed by atoms with Crippen molar-refractivity contribution in [3.63, 3.8) is 0 Å². The molecule has 0 bridgehead atoms. The van der Waals surface area contributed by atoms with Crippen molar-refractivity contribution >= 4 is 6.29 Å². The lowest BCUT2D eigenvalue weighted by atomic mass is 10.7. The van der Waals surface area contributed by atoms with E-state index in [1.165, 1.54) is 0 Å². The SMILES string of the molecule is C.C=C(O)C=O. The summed E-state index contributed by atoms with van der Waals surface area (Å²) in [5, 5.41) is 7.80. The van der Waals surface area contributed by atoms with Crippen molar-refractivity contribution in [1.82, 2.24) is 0 Å². The second-order valence-corrected chi connectivity index (χ2v) is 0.609. The first kappa shape index (κ1) is 8.96. The van der Waals surface area contributed by atoms with Crippen LogP contribution in [-0.4, -0.2) is 11.4 Å². The van der Waals surface area contributed by atoms with Gasteiger partial charge in [0.1, 0.15) is 5.76 Å². The van der Waals surface area contributed by atoms with Crippen LogP contribution in [0, 0.1) is 0 Å². The molecule has 2 heteroatoms. The number of hydrogen-bond acceptors (Lipinski definition) is 2. The van der Waals surface area contributed by atoms with Gasteiger partial charge in [-0.05, 0) is 0 Å². The van der Waals surface area contributed by atoms with Crippen molar-refractivity contribution in [2.24, 2.45) is 0 Å². The standard InChI is InChI=1S/C3H4O2.CH4/c1-3(5)2-4;/h2,5H,1H2;1H4. The fourth-order valence-corrected chi connectivity index (χ4v) is 0. The molecule has 2 nitrogen and oxygen atoms in total. The topological polar surface area (TPSA) is 37.3 Å². The summed E-state index contributed by atoms with van der Waals surface area (Å²) in [6.45, 7) is 2.86. The zero-order chi connectivity index (χ0) is 4.28. The summed E-state index contributed by atoms with van der Waals surface area (Å²) >= 11 is 0. The van der Waals surface area contributed by atoms with Crippen LogP contribution in [0.2, 0.25) is 0 Å². The molecule has 0 atom stereocenters. The summed E-state index contributed by atoms with van der Waals surface area (Å²) in [5.41, 5.74) is 0. The first-order valence-electron chi connectivity index (χ1n) is 1.10. The molecule has 0 aromatic rings. The number of aliphatic hydroxyl groups is 1. The Hall–Kier alpha value is -0.790. The van der Waals surface area contributed by atoms with Gasteiger partial charge in [0.2, 0.25) is 0 Å². The van der Waals surface area contributed by atoms with E-state index >= 15 is 0 Å². The third kappa shape index (κ3) is 10.7. The van der Waals surface area contributed by atoms with Crippen molar-refractivity contribution in [1.29, 1.82) is 0 Å². The molecule has 6 heavy (non-hydrogen) atoms. The lowest BCUT2D eigenvalue weighted by Crippen LogP contribution is -1.71. The van der Waals surface area contributed by atoms with Crippen LogP contribution in [0.1, 0.15) is 7.43 Å². The minimum Gasteiger partial charge on any atom is -0.505 e. The molecule has 0 aliphatic carbocycles. The molecule has 0 aromatic heterocycles. The van der Waals surface area contributed by atoms with E-state index in [9.17, 15) is 0 Å². The van der Waals surface area contributed by atoms with Gasteiger partial charge in [-0.3, -0.25) is 4.79 Å². The highest BCUT2D eigenvalue weighted by Gasteiger charge is 1.69. The van der Waals surface area contributed by atoms with Gasteiger partial charge in [0.05, 0.1) is 0 Å². The Kier molecular flexibility index (Phi) is 6.29. The number of aliphatic hydroxyl groups excluding tert-OH is 1. The summed E-state index contributed by atoms with van der Waals surface area (Å²) in [5.74, 6) is -0.426. The number of carbonyl (C=O) groups is 1. The highest BCUT2D eigenvalue weighted by Crippen LogP contribution is 1.63. The van der Waals surface area contributed by atoms with Crippen LogP contribution < -0.4 is 0 Å². The van der Waals surface area contributed by atoms with Crippen LogP contribution in [0.4, 0.5) is 0 Å². The average molecular weight is 88.1 g/mol. The molecule has 0 saturated carbocycles. The molecule has 0 unspecified atom stereocenters. The normalized spacial score (nSPS) is 5.33. The molecule has 36 valence electrons. The number of rotatable bonds is 1. The van der Waals surface area contributed by atoms with Crippen LogP contribution >= 0.6 is 0 Å². The van der Waals surface area contributed by atoms with E-state index in [1.807, 2.05) is 0 Å². The number of allylic oxidation sites excluding steroid dienone is 1. The third-order valence-electron chi connectivity index (χ3n) is 0.136. The molecule has 0 saturated heterocycles. The van der Waals surface area contributed by atoms with Gasteiger partial charge in [-0.1, -0.05) is 14.0 Å². The fourth-order valence-electron chi connectivity index (χ4n) is 0. The zero-order valence-electron chi connectivity index (χ0n) is 2.64. The smallest absolute Gasteiger partial charge is 0.183 e. The number of hydrogen-bond donors (Lipinski definition) is 1. The van der Waals surface area contributed by atoms with Crippen LogP contribution in [0.25, 0.3) is 0 Å². The zero-order valence-corrected chi connectivity index (χ0v) is 2.64. The highest BCUT2D eigenvalue weighted by atomic mass is 16.3. The fraction of sp³-hybridized carbons (Fsp3) is 0.250. The summed E-state index contributed by atoms with van der Waals surface area (Å²) < 4.78 is 0. The molecule has 0 rings (SSSR count). The Morgan fingerprint density at radius 2 is 2.00 bits per heavy atom. The van der Waals surface area contributed by atoms with E-state index in [0.717, 1.165) is 0 Å². The van der Waals surface area contributed by atoms with E-state index in [2.05, 4.69) is 6.58 Å². The lowest BCUT2D eigenvalue weighted by molar-refractivity contribution is -0.106. The Morgan fingerprint density at radius 1 is 1.83 bits per heavy atom. The molecule has 0 aliphatic rings. The molecule has 0 aromatic carbocycles. The number of carbonyl (C=O) groups excluding carboxylic acids is 1. The van der Waals surface area contributed by atoms with Gasteiger partial charge in [0.15, 0.2) is 6.29 Å². The molecular weight excluding hydrogens is 80.0 g/mol. The van der Waals surface area contributed by atoms with Crippen molar-refractivity contribution in [3.8, 4) is 0 Å². The predicted molar refractivity (Wildman–Crippen MR) is 24.6 cm³/mol. The van der Waals surface area contributed by atoms with Crippen LogP contribution in [0.15, 0.2) is 12.3 Å². The quantitative estimate of drug-likeness (QED) is 0.293. The van der Waals surface area contributed by atoms with E-state index in [4.69, 9.17) is 9.90 Å². The molecule has 0 aliphatic heterocycles. The average Bonchev–Trinajstić information content (AvgIpc) is 1.38. The first-order valence-corrected chi connectivity index (χ1v) is 1.10. The minimum absolute atomic E-state index is 0. The van der Waals surface area contributed by atoms with Crippen LogP contribution in [-0.2, 0) is 4.79 Å². The van der Waals surface area contributed by atoms with Crippen molar-refractivity contribution in [2.45, 2.75) is 7.43 Å². The van der Waals surface area contributed by atoms with Gasteiger partial charge in [-0.25, -0.2) is 0 Å². The molecule has 0 heterocycles. The van der Waals surface area contributed by atoms with Gasteiger partial charge < -0.3 is 5.11 Å². The van der Waals surface area contributed by atoms with E-state index < -0.39 is 5.76 Å². The maximum Gasteiger partial charge on any atom is 0.183 e. The lowest BCUT2D eigenvalue weighted by Gasteiger charge is -1.68. The monoisotopic (exact) mass is 88.1 g/mol. The molecule has 0 amide bonds. The predicted octanol–water partition coefficient (Wildman–Crippen LogP) is 0.893. The molecule has 0 spiro atoms. The van der Waals surface area contributed by atoms with Crippen LogP contribution in [0.5, 0.6) is 0 Å².